The molecule has 132 valence electrons. The molecule has 1 saturated heterocycles. The van der Waals surface area contributed by atoms with Crippen molar-refractivity contribution >= 4 is 11.6 Å². The van der Waals surface area contributed by atoms with Gasteiger partial charge in [0.15, 0.2) is 17.4 Å². The Labute approximate surface area is 143 Å². The number of amides is 1. The molecule has 0 radical (unpaired) electrons. The lowest BCUT2D eigenvalue weighted by molar-refractivity contribution is 0.0939. The highest BCUT2D eigenvalue weighted by molar-refractivity contribution is 5.94. The van der Waals surface area contributed by atoms with Crippen molar-refractivity contribution in [3.8, 4) is 11.5 Å². The smallest absolute Gasteiger partial charge is 0.251 e. The molecule has 1 amide bonds. The van der Waals surface area contributed by atoms with E-state index >= 15 is 0 Å². The Hall–Kier alpha value is -2.83. The van der Waals surface area contributed by atoms with Crippen LogP contribution in [0.15, 0.2) is 36.4 Å². The van der Waals surface area contributed by atoms with Crippen molar-refractivity contribution in [2.75, 3.05) is 25.1 Å². The van der Waals surface area contributed by atoms with Crippen LogP contribution >= 0.6 is 0 Å². The number of rotatable bonds is 4. The Morgan fingerprint density at radius 3 is 2.64 bits per heavy atom. The zero-order chi connectivity index (χ0) is 18.0. The van der Waals surface area contributed by atoms with Crippen molar-refractivity contribution in [1.82, 2.24) is 5.32 Å². The number of hydrogen-bond donors (Lipinski definition) is 2. The van der Waals surface area contributed by atoms with Crippen molar-refractivity contribution in [2.45, 2.75) is 12.5 Å². The van der Waals surface area contributed by atoms with Crippen LogP contribution in [0, 0.1) is 11.6 Å². The van der Waals surface area contributed by atoms with Crippen molar-refractivity contribution in [2.24, 2.45) is 0 Å². The van der Waals surface area contributed by atoms with E-state index in [0.29, 0.717) is 13.0 Å². The molecule has 0 spiro atoms. The van der Waals surface area contributed by atoms with Gasteiger partial charge in [-0.15, -0.1) is 0 Å². The van der Waals surface area contributed by atoms with Gasteiger partial charge in [-0.2, -0.15) is 0 Å². The van der Waals surface area contributed by atoms with Crippen molar-refractivity contribution in [3.05, 3.63) is 53.6 Å². The van der Waals surface area contributed by atoms with Gasteiger partial charge in [0.25, 0.3) is 5.91 Å². The molecule has 0 saturated carbocycles. The second-order valence-corrected chi connectivity index (χ2v) is 5.87. The quantitative estimate of drug-likeness (QED) is 0.892. The number of hydrogen-bond acceptors (Lipinski definition) is 4. The molecule has 0 bridgehead atoms. The van der Waals surface area contributed by atoms with Crippen LogP contribution in [0.5, 0.6) is 11.5 Å². The number of aromatic hydroxyl groups is 1. The number of phenolic OH excluding ortho intramolecular Hbond substituents is 1. The second-order valence-electron chi connectivity index (χ2n) is 5.87. The first kappa shape index (κ1) is 17.0. The molecule has 1 aliphatic heterocycles. The summed E-state index contributed by atoms with van der Waals surface area (Å²) in [5.41, 5.74) is 0.770. The highest BCUT2D eigenvalue weighted by Gasteiger charge is 2.26. The van der Waals surface area contributed by atoms with E-state index in [1.807, 2.05) is 24.3 Å². The molecular weight excluding hydrogens is 330 g/mol. The van der Waals surface area contributed by atoms with E-state index in [-0.39, 0.29) is 11.6 Å². The first-order chi connectivity index (χ1) is 12.0. The molecule has 0 aromatic heterocycles. The minimum atomic E-state index is -1.16. The van der Waals surface area contributed by atoms with Crippen molar-refractivity contribution < 1.29 is 23.4 Å². The molecule has 2 aromatic carbocycles. The number of anilines is 1. The highest BCUT2D eigenvalue weighted by Crippen LogP contribution is 2.30. The van der Waals surface area contributed by atoms with Crippen LogP contribution in [-0.2, 0) is 0 Å². The number of halogens is 2. The summed E-state index contributed by atoms with van der Waals surface area (Å²) in [7, 11) is 1.60. The molecule has 25 heavy (non-hydrogen) atoms. The second kappa shape index (κ2) is 6.96. The first-order valence-corrected chi connectivity index (χ1v) is 7.86. The fourth-order valence-corrected chi connectivity index (χ4v) is 2.95. The number of nitrogens with zero attached hydrogens (tertiary/aromatic N) is 1. The number of benzene rings is 2. The third-order valence-electron chi connectivity index (χ3n) is 4.23. The third kappa shape index (κ3) is 3.50. The van der Waals surface area contributed by atoms with Crippen LogP contribution in [0.3, 0.4) is 0 Å². The Bertz CT molecular complexity index is 775. The number of carbonyl (C=O) groups is 1. The average molecular weight is 348 g/mol. The summed E-state index contributed by atoms with van der Waals surface area (Å²) < 4.78 is 32.1. The number of methoxy groups -OCH3 is 1. The van der Waals surface area contributed by atoms with E-state index in [2.05, 4.69) is 10.2 Å². The minimum absolute atomic E-state index is 0.155. The fourth-order valence-electron chi connectivity index (χ4n) is 2.95. The number of carbonyl (C=O) groups excluding carboxylic acids is 1. The van der Waals surface area contributed by atoms with Gasteiger partial charge in [0.1, 0.15) is 5.75 Å². The minimum Gasteiger partial charge on any atom is -0.503 e. The maximum atomic E-state index is 13.4. The summed E-state index contributed by atoms with van der Waals surface area (Å²) in [6, 6.07) is 9.08. The van der Waals surface area contributed by atoms with Gasteiger partial charge >= 0.3 is 0 Å². The lowest BCUT2D eigenvalue weighted by atomic mass is 10.1. The maximum Gasteiger partial charge on any atom is 0.251 e. The SMILES string of the molecule is COc1ccccc1N1CC[C@H](NC(=O)c2cc(F)c(O)c(F)c2)C1. The molecule has 3 rings (SSSR count). The Kier molecular flexibility index (Phi) is 4.74. The van der Waals surface area contributed by atoms with E-state index in [4.69, 9.17) is 9.84 Å². The van der Waals surface area contributed by atoms with Crippen LogP contribution in [0.2, 0.25) is 0 Å². The van der Waals surface area contributed by atoms with Crippen molar-refractivity contribution in [3.63, 3.8) is 0 Å². The van der Waals surface area contributed by atoms with Crippen LogP contribution in [0.4, 0.5) is 14.5 Å². The summed E-state index contributed by atoms with van der Waals surface area (Å²) in [4.78, 5) is 14.3. The Balaban J connectivity index is 1.68. The van der Waals surface area contributed by atoms with E-state index in [1.54, 1.807) is 7.11 Å². The lowest BCUT2D eigenvalue weighted by Gasteiger charge is -2.21. The van der Waals surface area contributed by atoms with Gasteiger partial charge in [-0.25, -0.2) is 8.78 Å². The molecule has 2 aromatic rings. The molecule has 0 aliphatic carbocycles. The van der Waals surface area contributed by atoms with E-state index < -0.39 is 23.3 Å². The highest BCUT2D eigenvalue weighted by atomic mass is 19.1. The normalized spacial score (nSPS) is 16.8. The molecule has 7 heteroatoms. The Morgan fingerprint density at radius 2 is 1.96 bits per heavy atom. The van der Waals surface area contributed by atoms with Gasteiger partial charge in [0.2, 0.25) is 0 Å². The zero-order valence-electron chi connectivity index (χ0n) is 13.6. The molecule has 2 N–H and O–H groups in total. The molecule has 1 fully saturated rings. The van der Waals surface area contributed by atoms with Crippen LogP contribution in [0.25, 0.3) is 0 Å². The van der Waals surface area contributed by atoms with Gasteiger partial charge in [0, 0.05) is 24.7 Å². The average Bonchev–Trinajstić information content (AvgIpc) is 3.07. The topological polar surface area (TPSA) is 61.8 Å². The van der Waals surface area contributed by atoms with E-state index in [1.165, 1.54) is 0 Å². The number of nitrogens with one attached hydrogen (secondary N) is 1. The molecule has 1 heterocycles. The monoisotopic (exact) mass is 348 g/mol. The standard InChI is InChI=1S/C18H18F2N2O3/c1-25-16-5-3-2-4-15(16)22-7-6-12(10-22)21-18(24)11-8-13(19)17(23)14(20)9-11/h2-5,8-9,12,23H,6-7,10H2,1H3,(H,21,24)/t12-/m0/s1. The number of phenols is 1. The largest absolute Gasteiger partial charge is 0.503 e. The van der Waals surface area contributed by atoms with E-state index in [0.717, 1.165) is 30.1 Å². The van der Waals surface area contributed by atoms with Gasteiger partial charge in [-0.3, -0.25) is 4.79 Å². The molecule has 0 unspecified atom stereocenters. The van der Waals surface area contributed by atoms with Crippen molar-refractivity contribution in [1.29, 1.82) is 0 Å². The first-order valence-electron chi connectivity index (χ1n) is 7.86. The zero-order valence-corrected chi connectivity index (χ0v) is 13.6. The van der Waals surface area contributed by atoms with Gasteiger partial charge in [0.05, 0.1) is 12.8 Å². The maximum absolute atomic E-state index is 13.4. The summed E-state index contributed by atoms with van der Waals surface area (Å²) >= 11 is 0. The van der Waals surface area contributed by atoms with E-state index in [9.17, 15) is 13.6 Å². The molecule has 1 atom stereocenters. The summed E-state index contributed by atoms with van der Waals surface area (Å²) in [5.74, 6) is -3.24. The van der Waals surface area contributed by atoms with Gasteiger partial charge in [-0.05, 0) is 30.7 Å². The van der Waals surface area contributed by atoms with Crippen LogP contribution in [0.1, 0.15) is 16.8 Å². The summed E-state index contributed by atoms with van der Waals surface area (Å²) in [5, 5.41) is 11.9. The number of ether oxygens (including phenoxy) is 1. The molecular formula is C18H18F2N2O3. The Morgan fingerprint density at radius 1 is 1.28 bits per heavy atom. The summed E-state index contributed by atoms with van der Waals surface area (Å²) in [6.45, 7) is 1.29. The van der Waals surface area contributed by atoms with Crippen LogP contribution < -0.4 is 15.0 Å². The predicted molar refractivity (Wildman–Crippen MR) is 89.1 cm³/mol. The predicted octanol–water partition coefficient (Wildman–Crippen LogP) is 2.69. The fraction of sp³-hybridized carbons (Fsp3) is 0.278. The lowest BCUT2D eigenvalue weighted by Crippen LogP contribution is -2.37. The third-order valence-corrected chi connectivity index (χ3v) is 4.23. The molecule has 5 nitrogen and oxygen atoms in total. The summed E-state index contributed by atoms with van der Waals surface area (Å²) in [6.07, 6.45) is 0.701. The molecule has 1 aliphatic rings. The van der Waals surface area contributed by atoms with Gasteiger partial charge < -0.3 is 20.1 Å². The number of para-hydroxylation sites is 2. The van der Waals surface area contributed by atoms with Crippen LogP contribution in [-0.4, -0.2) is 37.3 Å². The van der Waals surface area contributed by atoms with Gasteiger partial charge in [-0.1, -0.05) is 12.1 Å².